The van der Waals surface area contributed by atoms with Crippen molar-refractivity contribution in [1.82, 2.24) is 15.0 Å². The van der Waals surface area contributed by atoms with E-state index in [9.17, 15) is 4.79 Å². The van der Waals surface area contributed by atoms with E-state index >= 15 is 0 Å². The fourth-order valence-electron chi connectivity index (χ4n) is 1.14. The molecule has 9 nitrogen and oxygen atoms in total. The summed E-state index contributed by atoms with van der Waals surface area (Å²) in [6.07, 6.45) is 6.21. The van der Waals surface area contributed by atoms with Gasteiger partial charge in [0.25, 0.3) is 5.91 Å². The molecule has 1 amide bonds. The molecule has 0 aliphatic heterocycles. The standard InChI is InChI=1S/C11H10N4O.CH4N2.2CHN/c1-8-5-14-10(7-13-8)11(16)15-9-3-2-4-12-6-9;1-3-2;2*1-2/h2-7H,1H3,(H,15,16);1-2H2;2*1H. The van der Waals surface area contributed by atoms with Crippen LogP contribution in [0.3, 0.4) is 0 Å². The zero-order chi connectivity index (χ0) is 18.1. The van der Waals surface area contributed by atoms with Crippen LogP contribution in [0.15, 0.2) is 42.0 Å². The minimum absolute atomic E-state index is 0.287. The summed E-state index contributed by atoms with van der Waals surface area (Å²) in [7, 11) is 0. The highest BCUT2D eigenvalue weighted by molar-refractivity contribution is 6.02. The molecule has 0 aliphatic rings. The molecule has 0 radical (unpaired) electrons. The third-order valence-corrected chi connectivity index (χ3v) is 1.93. The van der Waals surface area contributed by atoms with Crippen molar-refractivity contribution in [2.45, 2.75) is 6.92 Å². The van der Waals surface area contributed by atoms with Crippen LogP contribution in [-0.4, -0.2) is 27.6 Å². The summed E-state index contributed by atoms with van der Waals surface area (Å²) in [5, 5.41) is 18.4. The molecule has 0 bridgehead atoms. The Kier molecular flexibility index (Phi) is 13.6. The number of hydrogen-bond donors (Lipinski definition) is 2. The number of aryl methyl sites for hydroxylation is 1. The van der Waals surface area contributed by atoms with E-state index < -0.39 is 0 Å². The Hall–Kier alpha value is -3.85. The maximum absolute atomic E-state index is 11.7. The van der Waals surface area contributed by atoms with E-state index in [0.717, 1.165) is 5.69 Å². The number of hydrazone groups is 1. The Morgan fingerprint density at radius 1 is 1.26 bits per heavy atom. The number of hydrogen-bond acceptors (Lipinski definition) is 8. The van der Waals surface area contributed by atoms with Gasteiger partial charge in [-0.1, -0.05) is 0 Å². The molecule has 3 N–H and O–H groups in total. The first-order valence-electron chi connectivity index (χ1n) is 5.85. The highest BCUT2D eigenvalue weighted by atomic mass is 16.1. The summed E-state index contributed by atoms with van der Waals surface area (Å²) in [6, 6.07) is 3.50. The molecule has 2 aromatic rings. The Morgan fingerprint density at radius 2 is 1.87 bits per heavy atom. The highest BCUT2D eigenvalue weighted by Crippen LogP contribution is 2.05. The average molecular weight is 312 g/mol. The van der Waals surface area contributed by atoms with Crippen LogP contribution in [0.5, 0.6) is 0 Å². The van der Waals surface area contributed by atoms with E-state index in [-0.39, 0.29) is 11.6 Å². The first kappa shape index (κ1) is 21.4. The summed E-state index contributed by atoms with van der Waals surface area (Å²) < 4.78 is 0. The van der Waals surface area contributed by atoms with Gasteiger partial charge in [0, 0.05) is 32.3 Å². The molecule has 0 aromatic carbocycles. The van der Waals surface area contributed by atoms with Crippen LogP contribution in [0, 0.1) is 30.6 Å². The van der Waals surface area contributed by atoms with Gasteiger partial charge in [-0.05, 0) is 19.1 Å². The van der Waals surface area contributed by atoms with E-state index in [1.165, 1.54) is 6.20 Å². The van der Waals surface area contributed by atoms with Gasteiger partial charge in [-0.2, -0.15) is 5.10 Å². The van der Waals surface area contributed by atoms with Gasteiger partial charge >= 0.3 is 0 Å². The number of nitrogens with zero attached hydrogens (tertiary/aromatic N) is 6. The van der Waals surface area contributed by atoms with Crippen LogP contribution in [0.25, 0.3) is 0 Å². The van der Waals surface area contributed by atoms with Crippen molar-refractivity contribution in [3.05, 3.63) is 48.3 Å². The van der Waals surface area contributed by atoms with Crippen LogP contribution in [-0.2, 0) is 0 Å². The Labute approximate surface area is 134 Å². The minimum atomic E-state index is -0.291. The third-order valence-electron chi connectivity index (χ3n) is 1.93. The lowest BCUT2D eigenvalue weighted by atomic mass is 10.3. The van der Waals surface area contributed by atoms with Gasteiger partial charge in [0.2, 0.25) is 0 Å². The third kappa shape index (κ3) is 9.65. The second-order valence-corrected chi connectivity index (χ2v) is 3.42. The van der Waals surface area contributed by atoms with Gasteiger partial charge in [-0.25, -0.2) is 15.5 Å². The smallest absolute Gasteiger partial charge is 0.275 e. The molecule has 2 aromatic heterocycles. The second-order valence-electron chi connectivity index (χ2n) is 3.42. The number of aromatic nitrogens is 3. The summed E-state index contributed by atoms with van der Waals surface area (Å²) in [5.74, 6) is 4.07. The molecule has 0 saturated carbocycles. The van der Waals surface area contributed by atoms with Crippen molar-refractivity contribution in [3.8, 4) is 13.1 Å². The zero-order valence-electron chi connectivity index (χ0n) is 12.5. The van der Waals surface area contributed by atoms with Crippen LogP contribution in [0.1, 0.15) is 16.2 Å². The van der Waals surface area contributed by atoms with Crippen molar-refractivity contribution in [2.24, 2.45) is 10.9 Å². The predicted molar refractivity (Wildman–Crippen MR) is 86.0 cm³/mol. The monoisotopic (exact) mass is 312 g/mol. The highest BCUT2D eigenvalue weighted by Gasteiger charge is 2.07. The van der Waals surface area contributed by atoms with Crippen molar-refractivity contribution in [3.63, 3.8) is 0 Å². The molecule has 0 atom stereocenters. The number of carbonyl (C=O) groups excluding carboxylic acids is 1. The van der Waals surface area contributed by atoms with Gasteiger partial charge in [0.15, 0.2) is 0 Å². The number of anilines is 1. The van der Waals surface area contributed by atoms with E-state index in [1.54, 1.807) is 30.7 Å². The number of nitrogens with one attached hydrogen (secondary N) is 1. The van der Waals surface area contributed by atoms with Crippen LogP contribution in [0.2, 0.25) is 0 Å². The number of amides is 1. The number of nitrogens with two attached hydrogens (primary N) is 1. The molecular weight excluding hydrogens is 296 g/mol. The molecule has 0 aliphatic carbocycles. The Morgan fingerprint density at radius 3 is 2.30 bits per heavy atom. The topological polar surface area (TPSA) is 154 Å². The van der Waals surface area contributed by atoms with Gasteiger partial charge in [-0.3, -0.25) is 14.8 Å². The number of carbonyl (C=O) groups is 1. The molecule has 23 heavy (non-hydrogen) atoms. The molecule has 2 rings (SSSR count). The number of pyridine rings is 1. The molecule has 2 heterocycles. The summed E-state index contributed by atoms with van der Waals surface area (Å²) in [4.78, 5) is 23.6. The lowest BCUT2D eigenvalue weighted by molar-refractivity contribution is 0.102. The molecule has 0 saturated heterocycles. The van der Waals surface area contributed by atoms with Crippen LogP contribution < -0.4 is 11.2 Å². The van der Waals surface area contributed by atoms with Gasteiger partial charge in [0.1, 0.15) is 5.69 Å². The summed E-state index contributed by atoms with van der Waals surface area (Å²) in [6.45, 7) is 11.7. The van der Waals surface area contributed by atoms with E-state index in [4.69, 9.17) is 10.5 Å². The maximum atomic E-state index is 11.7. The summed E-state index contributed by atoms with van der Waals surface area (Å²) >= 11 is 0. The minimum Gasteiger partial charge on any atom is -0.324 e. The lowest BCUT2D eigenvalue weighted by Gasteiger charge is -2.03. The number of nitriles is 2. The SMILES string of the molecule is C#N.C#N.C=NN.Cc1cnc(C(=O)Nc2cccnc2)cn1. The molecule has 0 spiro atoms. The molecular formula is C14H16N8O. The first-order valence-corrected chi connectivity index (χ1v) is 5.85. The first-order chi connectivity index (χ1) is 11.2. The normalized spacial score (nSPS) is 7.52. The average Bonchev–Trinajstić information content (AvgIpc) is 2.60. The van der Waals surface area contributed by atoms with E-state index in [1.807, 2.05) is 6.92 Å². The van der Waals surface area contributed by atoms with Crippen molar-refractivity contribution in [1.29, 1.82) is 10.5 Å². The van der Waals surface area contributed by atoms with Crippen molar-refractivity contribution >= 4 is 18.3 Å². The van der Waals surface area contributed by atoms with Gasteiger partial charge < -0.3 is 11.2 Å². The molecule has 9 heteroatoms. The Balaban J connectivity index is 0. The number of rotatable bonds is 2. The van der Waals surface area contributed by atoms with Gasteiger partial charge in [0.05, 0.1) is 23.8 Å². The second kappa shape index (κ2) is 14.6. The van der Waals surface area contributed by atoms with Crippen LogP contribution in [0.4, 0.5) is 5.69 Å². The van der Waals surface area contributed by atoms with Crippen molar-refractivity contribution in [2.75, 3.05) is 5.32 Å². The molecule has 118 valence electrons. The maximum Gasteiger partial charge on any atom is 0.275 e. The zero-order valence-corrected chi connectivity index (χ0v) is 12.5. The summed E-state index contributed by atoms with van der Waals surface area (Å²) in [5.41, 5.74) is 1.70. The van der Waals surface area contributed by atoms with Gasteiger partial charge in [-0.15, -0.1) is 0 Å². The fourth-order valence-corrected chi connectivity index (χ4v) is 1.14. The van der Waals surface area contributed by atoms with E-state index in [0.29, 0.717) is 5.69 Å². The quantitative estimate of drug-likeness (QED) is 0.480. The molecule has 0 unspecified atom stereocenters. The predicted octanol–water partition coefficient (Wildman–Crippen LogP) is 1.27. The van der Waals surface area contributed by atoms with Crippen molar-refractivity contribution < 1.29 is 4.79 Å². The van der Waals surface area contributed by atoms with E-state index in [2.05, 4.69) is 51.1 Å². The molecule has 0 fully saturated rings. The fraction of sp³-hybridized carbons (Fsp3) is 0.0714. The van der Waals surface area contributed by atoms with Crippen LogP contribution >= 0.6 is 0 Å². The largest absolute Gasteiger partial charge is 0.324 e. The lowest BCUT2D eigenvalue weighted by Crippen LogP contribution is -2.14. The Bertz CT molecular complexity index is 601.